The highest BCUT2D eigenvalue weighted by Gasteiger charge is 2.20. The third-order valence-corrected chi connectivity index (χ3v) is 4.27. The molecule has 0 aliphatic rings. The lowest BCUT2D eigenvalue weighted by Crippen LogP contribution is -2.25. The van der Waals surface area contributed by atoms with Crippen LogP contribution in [0.2, 0.25) is 0 Å². The van der Waals surface area contributed by atoms with E-state index in [1.54, 1.807) is 24.0 Å². The lowest BCUT2D eigenvalue weighted by atomic mass is 10.4. The number of rotatable bonds is 7. The standard InChI is InChI=1S/C11H16N4O4S/c1-9-11(7-10(8-16)19-9)20(17,18)13-3-2-5-15-6-4-12-14-15/h4,6-7,13,16H,2-3,5,8H2,1H3. The summed E-state index contributed by atoms with van der Waals surface area (Å²) < 4.78 is 33.3. The van der Waals surface area contributed by atoms with Crippen LogP contribution in [0, 0.1) is 6.92 Å². The van der Waals surface area contributed by atoms with Crippen LogP contribution in [-0.4, -0.2) is 35.1 Å². The first-order valence-corrected chi connectivity index (χ1v) is 7.55. The van der Waals surface area contributed by atoms with Gasteiger partial charge in [0.25, 0.3) is 0 Å². The Kier molecular flexibility index (Phi) is 4.53. The van der Waals surface area contributed by atoms with Crippen molar-refractivity contribution in [1.29, 1.82) is 0 Å². The number of hydrogen-bond acceptors (Lipinski definition) is 6. The minimum absolute atomic E-state index is 0.0577. The third-order valence-electron chi connectivity index (χ3n) is 2.70. The summed E-state index contributed by atoms with van der Waals surface area (Å²) in [5.74, 6) is 0.489. The van der Waals surface area contributed by atoms with Gasteiger partial charge in [0.05, 0.1) is 6.20 Å². The topological polar surface area (TPSA) is 110 Å². The largest absolute Gasteiger partial charge is 0.462 e. The average molecular weight is 300 g/mol. The van der Waals surface area contributed by atoms with Crippen molar-refractivity contribution in [3.8, 4) is 0 Å². The molecule has 110 valence electrons. The summed E-state index contributed by atoms with van der Waals surface area (Å²) in [6.45, 7) is 2.07. The Labute approximate surface area is 116 Å². The second-order valence-corrected chi connectivity index (χ2v) is 5.94. The molecule has 2 rings (SSSR count). The molecule has 2 aromatic heterocycles. The van der Waals surface area contributed by atoms with Crippen LogP contribution in [-0.2, 0) is 23.2 Å². The molecule has 0 saturated carbocycles. The maximum absolute atomic E-state index is 12.1. The first kappa shape index (κ1) is 14.7. The van der Waals surface area contributed by atoms with E-state index in [0.29, 0.717) is 13.0 Å². The highest BCUT2D eigenvalue weighted by Crippen LogP contribution is 2.19. The Morgan fingerprint density at radius 3 is 2.90 bits per heavy atom. The van der Waals surface area contributed by atoms with Crippen molar-refractivity contribution in [2.24, 2.45) is 0 Å². The van der Waals surface area contributed by atoms with E-state index in [2.05, 4.69) is 15.0 Å². The van der Waals surface area contributed by atoms with Gasteiger partial charge >= 0.3 is 0 Å². The Bertz CT molecular complexity index is 648. The van der Waals surface area contributed by atoms with Crippen LogP contribution in [0.25, 0.3) is 0 Å². The number of nitrogens with one attached hydrogen (secondary N) is 1. The fourth-order valence-corrected chi connectivity index (χ4v) is 3.02. The third kappa shape index (κ3) is 3.44. The van der Waals surface area contributed by atoms with E-state index in [9.17, 15) is 8.42 Å². The second kappa shape index (κ2) is 6.16. The molecule has 0 amide bonds. The average Bonchev–Trinajstić information content (AvgIpc) is 3.04. The molecule has 0 bridgehead atoms. The summed E-state index contributed by atoms with van der Waals surface area (Å²) in [4.78, 5) is 0.0577. The van der Waals surface area contributed by atoms with Crippen molar-refractivity contribution in [3.05, 3.63) is 30.0 Å². The van der Waals surface area contributed by atoms with Gasteiger partial charge in [-0.15, -0.1) is 5.10 Å². The van der Waals surface area contributed by atoms with Gasteiger partial charge in [-0.2, -0.15) is 0 Å². The molecule has 20 heavy (non-hydrogen) atoms. The van der Waals surface area contributed by atoms with Crippen molar-refractivity contribution in [1.82, 2.24) is 19.7 Å². The first-order chi connectivity index (χ1) is 9.53. The molecule has 2 heterocycles. The monoisotopic (exact) mass is 300 g/mol. The molecule has 0 radical (unpaired) electrons. The lowest BCUT2D eigenvalue weighted by Gasteiger charge is -2.05. The van der Waals surface area contributed by atoms with Gasteiger partial charge in [0.1, 0.15) is 23.0 Å². The molecule has 0 aromatic carbocycles. The molecule has 0 saturated heterocycles. The van der Waals surface area contributed by atoms with Crippen LogP contribution >= 0.6 is 0 Å². The van der Waals surface area contributed by atoms with Crippen LogP contribution in [0.1, 0.15) is 17.9 Å². The molecule has 0 spiro atoms. The molecule has 0 fully saturated rings. The fourth-order valence-electron chi connectivity index (χ4n) is 1.75. The van der Waals surface area contributed by atoms with E-state index in [1.807, 2.05) is 0 Å². The molecule has 0 aliphatic carbocycles. The predicted molar refractivity (Wildman–Crippen MR) is 69.2 cm³/mol. The summed E-state index contributed by atoms with van der Waals surface area (Å²) in [6, 6.07) is 1.33. The molecule has 0 unspecified atom stereocenters. The normalized spacial score (nSPS) is 11.9. The number of hydrogen-bond donors (Lipinski definition) is 2. The number of aryl methyl sites for hydroxylation is 2. The summed E-state index contributed by atoms with van der Waals surface area (Å²) in [5.41, 5.74) is 0. The van der Waals surface area contributed by atoms with Gasteiger partial charge in [-0.05, 0) is 13.3 Å². The van der Waals surface area contributed by atoms with Crippen molar-refractivity contribution in [2.75, 3.05) is 6.54 Å². The Balaban J connectivity index is 1.91. The number of aromatic nitrogens is 3. The minimum Gasteiger partial charge on any atom is -0.462 e. The molecule has 2 N–H and O–H groups in total. The first-order valence-electron chi connectivity index (χ1n) is 6.07. The second-order valence-electron chi connectivity index (χ2n) is 4.21. The lowest BCUT2D eigenvalue weighted by molar-refractivity contribution is 0.244. The molecular formula is C11H16N4O4S. The van der Waals surface area contributed by atoms with Crippen LogP contribution in [0.15, 0.2) is 27.8 Å². The zero-order valence-corrected chi connectivity index (χ0v) is 11.8. The van der Waals surface area contributed by atoms with Crippen molar-refractivity contribution in [3.63, 3.8) is 0 Å². The van der Waals surface area contributed by atoms with E-state index < -0.39 is 10.0 Å². The van der Waals surface area contributed by atoms with Crippen LogP contribution in [0.3, 0.4) is 0 Å². The zero-order chi connectivity index (χ0) is 14.6. The van der Waals surface area contributed by atoms with Gasteiger partial charge in [0.2, 0.25) is 10.0 Å². The maximum Gasteiger partial charge on any atom is 0.244 e. The minimum atomic E-state index is -3.62. The molecule has 0 atom stereocenters. The van der Waals surface area contributed by atoms with Gasteiger partial charge < -0.3 is 9.52 Å². The predicted octanol–water partition coefficient (Wildman–Crippen LogP) is 0.0404. The van der Waals surface area contributed by atoms with Gasteiger partial charge in [0, 0.05) is 25.4 Å². The Morgan fingerprint density at radius 1 is 1.50 bits per heavy atom. The van der Waals surface area contributed by atoms with E-state index in [-0.39, 0.29) is 29.6 Å². The van der Waals surface area contributed by atoms with Crippen molar-refractivity contribution in [2.45, 2.75) is 31.4 Å². The number of sulfonamides is 1. The van der Waals surface area contributed by atoms with Gasteiger partial charge in [0.15, 0.2) is 0 Å². The SMILES string of the molecule is Cc1oc(CO)cc1S(=O)(=O)NCCCn1ccnn1. The summed E-state index contributed by atoms with van der Waals surface area (Å²) in [6.07, 6.45) is 3.87. The molecule has 0 aliphatic heterocycles. The Morgan fingerprint density at radius 2 is 2.30 bits per heavy atom. The summed E-state index contributed by atoms with van der Waals surface area (Å²) in [7, 11) is -3.62. The number of aliphatic hydroxyl groups is 1. The number of furan rings is 1. The molecule has 9 heteroatoms. The maximum atomic E-state index is 12.1. The van der Waals surface area contributed by atoms with Crippen LogP contribution in [0.4, 0.5) is 0 Å². The fraction of sp³-hybridized carbons (Fsp3) is 0.455. The number of aliphatic hydroxyl groups excluding tert-OH is 1. The van der Waals surface area contributed by atoms with Crippen LogP contribution < -0.4 is 4.72 Å². The van der Waals surface area contributed by atoms with Gasteiger partial charge in [-0.1, -0.05) is 5.21 Å². The van der Waals surface area contributed by atoms with E-state index >= 15 is 0 Å². The molecular weight excluding hydrogens is 284 g/mol. The van der Waals surface area contributed by atoms with E-state index in [4.69, 9.17) is 9.52 Å². The van der Waals surface area contributed by atoms with Crippen LogP contribution in [0.5, 0.6) is 0 Å². The van der Waals surface area contributed by atoms with E-state index in [0.717, 1.165) is 0 Å². The van der Waals surface area contributed by atoms with Gasteiger partial charge in [-0.3, -0.25) is 4.68 Å². The van der Waals surface area contributed by atoms with Gasteiger partial charge in [-0.25, -0.2) is 13.1 Å². The van der Waals surface area contributed by atoms with Crippen molar-refractivity contribution < 1.29 is 17.9 Å². The quantitative estimate of drug-likeness (QED) is 0.699. The molecule has 2 aromatic rings. The van der Waals surface area contributed by atoms with E-state index in [1.165, 1.54) is 6.07 Å². The Hall–Kier alpha value is -1.71. The number of nitrogens with zero attached hydrogens (tertiary/aromatic N) is 3. The smallest absolute Gasteiger partial charge is 0.244 e. The van der Waals surface area contributed by atoms with Crippen molar-refractivity contribution >= 4 is 10.0 Å². The highest BCUT2D eigenvalue weighted by molar-refractivity contribution is 7.89. The summed E-state index contributed by atoms with van der Waals surface area (Å²) in [5, 5.41) is 16.4. The zero-order valence-electron chi connectivity index (χ0n) is 11.0. The molecule has 8 nitrogen and oxygen atoms in total. The summed E-state index contributed by atoms with van der Waals surface area (Å²) >= 11 is 0. The highest BCUT2D eigenvalue weighted by atomic mass is 32.2.